The first kappa shape index (κ1) is 11.7. The van der Waals surface area contributed by atoms with Crippen LogP contribution in [0.3, 0.4) is 0 Å². The molecule has 1 atom stereocenters. The van der Waals surface area contributed by atoms with Crippen molar-refractivity contribution in [1.82, 2.24) is 0 Å². The number of hydrogen-bond donors (Lipinski definition) is 0. The lowest BCUT2D eigenvalue weighted by atomic mass is 10.3. The molecule has 0 spiro atoms. The van der Waals surface area contributed by atoms with Crippen LogP contribution < -0.4 is 10.6 Å². The molecule has 0 N–H and O–H groups in total. The molecule has 90 valence electrons. The first-order valence-electron chi connectivity index (χ1n) is 6.51. The monoisotopic (exact) mass is 252 g/mol. The number of hydrogen-bond acceptors (Lipinski definition) is 0. The second-order valence-corrected chi connectivity index (χ2v) is 7.05. The van der Waals surface area contributed by atoms with Crippen molar-refractivity contribution in [2.24, 2.45) is 0 Å². The maximum absolute atomic E-state index is 2.42. The summed E-state index contributed by atoms with van der Waals surface area (Å²) in [5.41, 5.74) is 0.713. The fourth-order valence-corrected chi connectivity index (χ4v) is 5.29. The molecule has 3 rings (SSSR count). The third kappa shape index (κ3) is 2.40. The Kier molecular flexibility index (Phi) is 3.57. The van der Waals surface area contributed by atoms with E-state index in [4.69, 9.17) is 0 Å². The quantitative estimate of drug-likeness (QED) is 0.575. The minimum absolute atomic E-state index is 0.239. The third-order valence-corrected chi connectivity index (χ3v) is 6.19. The largest absolute Gasteiger partial charge is 0.0878 e. The Balaban J connectivity index is 2.01. The lowest BCUT2D eigenvalue weighted by Gasteiger charge is -2.24. The number of allylic oxidation sites excluding steroid dienone is 2. The van der Waals surface area contributed by atoms with Gasteiger partial charge in [0.25, 0.3) is 0 Å². The molecule has 1 aliphatic rings. The van der Waals surface area contributed by atoms with Gasteiger partial charge < -0.3 is 0 Å². The predicted octanol–water partition coefficient (Wildman–Crippen LogP) is 3.84. The van der Waals surface area contributed by atoms with Crippen molar-refractivity contribution in [1.29, 1.82) is 0 Å². The van der Waals surface area contributed by atoms with Crippen molar-refractivity contribution in [3.05, 3.63) is 72.8 Å². The van der Waals surface area contributed by atoms with Crippen molar-refractivity contribution in [3.8, 4) is 0 Å². The van der Waals surface area contributed by atoms with Crippen LogP contribution in [0, 0.1) is 0 Å². The molecule has 0 saturated carbocycles. The topological polar surface area (TPSA) is 0 Å². The standard InChI is InChI=1S/C17H17P/c1-3-9-15(10-4-1)18(17-13-7-8-14-17)16-11-5-2-6-12-16/h1-7,9-13,17H,8,14H2/t17-/m0/s1. The summed E-state index contributed by atoms with van der Waals surface area (Å²) in [7, 11) is -0.239. The Morgan fingerprint density at radius 2 is 1.33 bits per heavy atom. The van der Waals surface area contributed by atoms with E-state index >= 15 is 0 Å². The minimum Gasteiger partial charge on any atom is -0.0878 e. The van der Waals surface area contributed by atoms with Gasteiger partial charge in [0.05, 0.1) is 0 Å². The Hall–Kier alpha value is -1.39. The van der Waals surface area contributed by atoms with E-state index in [0.717, 1.165) is 0 Å². The van der Waals surface area contributed by atoms with Gasteiger partial charge in [0.15, 0.2) is 0 Å². The van der Waals surface area contributed by atoms with E-state index in [9.17, 15) is 0 Å². The summed E-state index contributed by atoms with van der Waals surface area (Å²) in [5, 5.41) is 2.99. The van der Waals surface area contributed by atoms with Gasteiger partial charge in [-0.25, -0.2) is 0 Å². The highest BCUT2D eigenvalue weighted by molar-refractivity contribution is 7.73. The summed E-state index contributed by atoms with van der Waals surface area (Å²) >= 11 is 0. The summed E-state index contributed by atoms with van der Waals surface area (Å²) in [5.74, 6) is 0. The molecule has 0 aromatic heterocycles. The smallest absolute Gasteiger partial charge is 0.00536 e. The van der Waals surface area contributed by atoms with E-state index in [2.05, 4.69) is 72.8 Å². The SMILES string of the molecule is C1=C[C@H](P(c2ccccc2)c2ccccc2)CC1. The molecular formula is C17H17P. The Bertz CT molecular complexity index is 476. The van der Waals surface area contributed by atoms with Gasteiger partial charge in [0, 0.05) is 5.66 Å². The fraction of sp³-hybridized carbons (Fsp3) is 0.176. The summed E-state index contributed by atoms with van der Waals surface area (Å²) in [6, 6.07) is 22.0. The molecule has 0 amide bonds. The van der Waals surface area contributed by atoms with Gasteiger partial charge in [-0.15, -0.1) is 0 Å². The van der Waals surface area contributed by atoms with Crippen LogP contribution in [0.4, 0.5) is 0 Å². The van der Waals surface area contributed by atoms with Gasteiger partial charge in [-0.1, -0.05) is 72.8 Å². The first-order chi connectivity index (χ1) is 8.95. The molecule has 2 aromatic carbocycles. The third-order valence-electron chi connectivity index (χ3n) is 3.39. The van der Waals surface area contributed by atoms with Crippen molar-refractivity contribution in [3.63, 3.8) is 0 Å². The van der Waals surface area contributed by atoms with Gasteiger partial charge >= 0.3 is 0 Å². The van der Waals surface area contributed by atoms with Crippen LogP contribution in [0.25, 0.3) is 0 Å². The molecular weight excluding hydrogens is 235 g/mol. The average Bonchev–Trinajstić information content (AvgIpc) is 2.95. The van der Waals surface area contributed by atoms with E-state index < -0.39 is 0 Å². The molecule has 0 radical (unpaired) electrons. The van der Waals surface area contributed by atoms with Crippen LogP contribution in [0.15, 0.2) is 72.8 Å². The zero-order chi connectivity index (χ0) is 12.2. The molecule has 0 heterocycles. The van der Waals surface area contributed by atoms with E-state index in [0.29, 0.717) is 5.66 Å². The van der Waals surface area contributed by atoms with Gasteiger partial charge in [-0.2, -0.15) is 0 Å². The summed E-state index contributed by atoms with van der Waals surface area (Å²) in [6.45, 7) is 0. The highest BCUT2D eigenvalue weighted by Gasteiger charge is 2.23. The molecule has 2 aromatic rings. The van der Waals surface area contributed by atoms with E-state index in [1.54, 1.807) is 0 Å². The van der Waals surface area contributed by atoms with Crippen LogP contribution in [-0.4, -0.2) is 5.66 Å². The van der Waals surface area contributed by atoms with Crippen LogP contribution >= 0.6 is 7.92 Å². The molecule has 1 heteroatoms. The number of benzene rings is 2. The van der Waals surface area contributed by atoms with Crippen molar-refractivity contribution in [2.45, 2.75) is 18.5 Å². The van der Waals surface area contributed by atoms with Gasteiger partial charge in [-0.3, -0.25) is 0 Å². The Labute approximate surface area is 110 Å². The molecule has 0 unspecified atom stereocenters. The second kappa shape index (κ2) is 5.50. The van der Waals surface area contributed by atoms with Gasteiger partial charge in [-0.05, 0) is 31.4 Å². The van der Waals surface area contributed by atoms with Crippen LogP contribution in [0.1, 0.15) is 12.8 Å². The normalized spacial score (nSPS) is 18.4. The lowest BCUT2D eigenvalue weighted by molar-refractivity contribution is 0.938. The zero-order valence-corrected chi connectivity index (χ0v) is 11.3. The highest BCUT2D eigenvalue weighted by Crippen LogP contribution is 2.44. The van der Waals surface area contributed by atoms with E-state index in [1.165, 1.54) is 23.5 Å². The fourth-order valence-electron chi connectivity index (χ4n) is 2.54. The molecule has 0 aliphatic heterocycles. The molecule has 0 fully saturated rings. The van der Waals surface area contributed by atoms with E-state index in [1.807, 2.05) is 0 Å². The molecule has 0 bridgehead atoms. The van der Waals surface area contributed by atoms with Gasteiger partial charge in [0.1, 0.15) is 0 Å². The summed E-state index contributed by atoms with van der Waals surface area (Å²) in [6.07, 6.45) is 7.30. The first-order valence-corrected chi connectivity index (χ1v) is 7.92. The Morgan fingerprint density at radius 3 is 1.78 bits per heavy atom. The molecule has 18 heavy (non-hydrogen) atoms. The van der Waals surface area contributed by atoms with Crippen LogP contribution in [0.5, 0.6) is 0 Å². The van der Waals surface area contributed by atoms with Crippen molar-refractivity contribution >= 4 is 18.5 Å². The lowest BCUT2D eigenvalue weighted by Crippen LogP contribution is -2.19. The summed E-state index contributed by atoms with van der Waals surface area (Å²) < 4.78 is 0. The van der Waals surface area contributed by atoms with Crippen molar-refractivity contribution in [2.75, 3.05) is 0 Å². The van der Waals surface area contributed by atoms with Crippen LogP contribution in [0.2, 0.25) is 0 Å². The molecule has 1 aliphatic carbocycles. The molecule has 0 nitrogen and oxygen atoms in total. The van der Waals surface area contributed by atoms with E-state index in [-0.39, 0.29) is 7.92 Å². The average molecular weight is 252 g/mol. The van der Waals surface area contributed by atoms with Gasteiger partial charge in [0.2, 0.25) is 0 Å². The summed E-state index contributed by atoms with van der Waals surface area (Å²) in [4.78, 5) is 0. The van der Waals surface area contributed by atoms with Crippen molar-refractivity contribution < 1.29 is 0 Å². The zero-order valence-electron chi connectivity index (χ0n) is 10.4. The second-order valence-electron chi connectivity index (χ2n) is 4.61. The predicted molar refractivity (Wildman–Crippen MR) is 81.2 cm³/mol. The Morgan fingerprint density at radius 1 is 0.778 bits per heavy atom. The molecule has 0 saturated heterocycles. The maximum Gasteiger partial charge on any atom is 0.00536 e. The highest BCUT2D eigenvalue weighted by atomic mass is 31.1. The maximum atomic E-state index is 2.42. The number of rotatable bonds is 3. The van der Waals surface area contributed by atoms with Crippen LogP contribution in [-0.2, 0) is 0 Å². The minimum atomic E-state index is -0.239.